The van der Waals surface area contributed by atoms with Gasteiger partial charge in [0, 0.05) is 24.1 Å². The van der Waals surface area contributed by atoms with E-state index in [4.69, 9.17) is 18.9 Å². The molecule has 2 aromatic rings. The second-order valence-electron chi connectivity index (χ2n) is 8.12. The van der Waals surface area contributed by atoms with Crippen molar-refractivity contribution in [3.8, 4) is 28.4 Å². The van der Waals surface area contributed by atoms with Crippen molar-refractivity contribution in [1.82, 2.24) is 5.32 Å². The first-order valence-electron chi connectivity index (χ1n) is 11.1. The summed E-state index contributed by atoms with van der Waals surface area (Å²) in [5, 5.41) is 2.87. The first kappa shape index (κ1) is 22.0. The van der Waals surface area contributed by atoms with Gasteiger partial charge in [-0.2, -0.15) is 0 Å². The Hall–Kier alpha value is -3.22. The maximum Gasteiger partial charge on any atom is 0.306 e. The van der Waals surface area contributed by atoms with E-state index in [-0.39, 0.29) is 25.1 Å². The Bertz CT molecular complexity index is 996. The van der Waals surface area contributed by atoms with Crippen molar-refractivity contribution in [2.75, 3.05) is 27.4 Å². The van der Waals surface area contributed by atoms with Gasteiger partial charge in [0.15, 0.2) is 11.5 Å². The highest BCUT2D eigenvalue weighted by Crippen LogP contribution is 2.46. The van der Waals surface area contributed by atoms with Crippen molar-refractivity contribution >= 4 is 11.9 Å². The van der Waals surface area contributed by atoms with Crippen LogP contribution in [0.25, 0.3) is 11.1 Å². The summed E-state index contributed by atoms with van der Waals surface area (Å²) in [4.78, 5) is 24.2. The van der Waals surface area contributed by atoms with Gasteiger partial charge in [0.25, 0.3) is 5.91 Å². The Morgan fingerprint density at radius 2 is 1.75 bits per heavy atom. The average Bonchev–Trinajstić information content (AvgIpc) is 3.46. The number of hydrogen-bond acceptors (Lipinski definition) is 6. The largest absolute Gasteiger partial charge is 0.493 e. The molecule has 1 heterocycles. The molecule has 0 bridgehead atoms. The number of methoxy groups -OCH3 is 2. The van der Waals surface area contributed by atoms with Crippen molar-refractivity contribution in [2.24, 2.45) is 5.92 Å². The fraction of sp³-hybridized carbons (Fsp3) is 0.440. The van der Waals surface area contributed by atoms with Crippen LogP contribution < -0.4 is 19.5 Å². The van der Waals surface area contributed by atoms with E-state index in [1.165, 1.54) is 12.8 Å². The summed E-state index contributed by atoms with van der Waals surface area (Å²) in [5.74, 6) is 1.67. The number of fused-ring (bicyclic) bond motifs is 1. The topological polar surface area (TPSA) is 83.1 Å². The molecule has 1 aliphatic heterocycles. The summed E-state index contributed by atoms with van der Waals surface area (Å²) >= 11 is 0. The number of amides is 1. The number of benzene rings is 2. The highest BCUT2D eigenvalue weighted by Gasteiger charge is 2.26. The van der Waals surface area contributed by atoms with Crippen molar-refractivity contribution in [1.29, 1.82) is 0 Å². The molecule has 7 heteroatoms. The molecule has 2 aromatic carbocycles. The third-order valence-electron chi connectivity index (χ3n) is 6.16. The molecule has 0 atom stereocenters. The van der Waals surface area contributed by atoms with Crippen molar-refractivity contribution in [3.05, 3.63) is 41.5 Å². The Morgan fingerprint density at radius 3 is 2.50 bits per heavy atom. The summed E-state index contributed by atoms with van der Waals surface area (Å²) in [7, 11) is 3.12. The molecule has 1 fully saturated rings. The number of nitrogens with one attached hydrogen (secondary N) is 1. The third-order valence-corrected chi connectivity index (χ3v) is 6.16. The van der Waals surface area contributed by atoms with Gasteiger partial charge in [0.05, 0.1) is 14.2 Å². The summed E-state index contributed by atoms with van der Waals surface area (Å²) in [5.41, 5.74) is 3.24. The van der Waals surface area contributed by atoms with E-state index in [0.29, 0.717) is 41.7 Å². The standard InChI is InChI=1S/C25H29NO6/c1-29-21-11-10-18(17-8-5-9-19-20(17)15-26-25(19)28)23(24(21)30-2)32-13-12-31-22(27)14-16-6-3-4-7-16/h5,8-11,16H,3-4,6-7,12-15H2,1-2H3,(H,26,28). The summed E-state index contributed by atoms with van der Waals surface area (Å²) in [6.45, 7) is 0.786. The maximum absolute atomic E-state index is 12.1. The van der Waals surface area contributed by atoms with Gasteiger partial charge in [-0.05, 0) is 48.1 Å². The number of esters is 1. The van der Waals surface area contributed by atoms with Gasteiger partial charge in [-0.25, -0.2) is 0 Å². The highest BCUT2D eigenvalue weighted by atomic mass is 16.6. The van der Waals surface area contributed by atoms with E-state index in [9.17, 15) is 9.59 Å². The number of hydrogen-bond donors (Lipinski definition) is 1. The highest BCUT2D eigenvalue weighted by molar-refractivity contribution is 6.01. The molecule has 1 aliphatic carbocycles. The average molecular weight is 440 g/mol. The first-order chi connectivity index (χ1) is 15.6. The molecule has 1 amide bonds. The monoisotopic (exact) mass is 439 g/mol. The third kappa shape index (κ3) is 4.52. The molecule has 2 aliphatic rings. The van der Waals surface area contributed by atoms with E-state index in [1.807, 2.05) is 30.3 Å². The van der Waals surface area contributed by atoms with Gasteiger partial charge in [-0.3, -0.25) is 9.59 Å². The smallest absolute Gasteiger partial charge is 0.306 e. The molecule has 170 valence electrons. The van der Waals surface area contributed by atoms with Gasteiger partial charge in [0.1, 0.15) is 13.2 Å². The van der Waals surface area contributed by atoms with Crippen LogP contribution in [0.1, 0.15) is 48.0 Å². The van der Waals surface area contributed by atoms with Gasteiger partial charge in [-0.1, -0.05) is 25.0 Å². The van der Waals surface area contributed by atoms with E-state index in [2.05, 4.69) is 5.32 Å². The molecule has 1 N–H and O–H groups in total. The van der Waals surface area contributed by atoms with Crippen molar-refractivity contribution in [2.45, 2.75) is 38.6 Å². The number of carbonyl (C=O) groups excluding carboxylic acids is 2. The van der Waals surface area contributed by atoms with E-state index < -0.39 is 0 Å². The SMILES string of the molecule is COc1ccc(-c2cccc3c2CNC3=O)c(OCCOC(=O)CC2CCCC2)c1OC. The van der Waals surface area contributed by atoms with Crippen LogP contribution in [0.15, 0.2) is 30.3 Å². The predicted octanol–water partition coefficient (Wildman–Crippen LogP) is 4.12. The molecule has 0 aromatic heterocycles. The van der Waals surface area contributed by atoms with Crippen LogP contribution in [-0.4, -0.2) is 39.3 Å². The molecule has 0 unspecified atom stereocenters. The lowest BCUT2D eigenvalue weighted by Gasteiger charge is -2.19. The molecular formula is C25H29NO6. The molecule has 4 rings (SSSR count). The molecule has 0 saturated heterocycles. The van der Waals surface area contributed by atoms with Gasteiger partial charge >= 0.3 is 5.97 Å². The zero-order valence-corrected chi connectivity index (χ0v) is 18.6. The number of carbonyl (C=O) groups is 2. The fourth-order valence-electron chi connectivity index (χ4n) is 4.57. The lowest BCUT2D eigenvalue weighted by Crippen LogP contribution is -2.15. The van der Waals surface area contributed by atoms with Crippen LogP contribution in [0.3, 0.4) is 0 Å². The van der Waals surface area contributed by atoms with Crippen molar-refractivity contribution < 1.29 is 28.5 Å². The normalized spacial score (nSPS) is 15.2. The summed E-state index contributed by atoms with van der Waals surface area (Å²) < 4.78 is 22.5. The minimum Gasteiger partial charge on any atom is -0.493 e. The molecule has 0 spiro atoms. The zero-order chi connectivity index (χ0) is 22.5. The van der Waals surface area contributed by atoms with Crippen LogP contribution in [-0.2, 0) is 16.1 Å². The van der Waals surface area contributed by atoms with Crippen LogP contribution in [0.5, 0.6) is 17.2 Å². The lowest BCUT2D eigenvalue weighted by atomic mass is 9.95. The van der Waals surface area contributed by atoms with Crippen molar-refractivity contribution in [3.63, 3.8) is 0 Å². The molecule has 32 heavy (non-hydrogen) atoms. The molecule has 7 nitrogen and oxygen atoms in total. The maximum atomic E-state index is 12.1. The Morgan fingerprint density at radius 1 is 0.969 bits per heavy atom. The van der Waals surface area contributed by atoms with E-state index >= 15 is 0 Å². The van der Waals surface area contributed by atoms with Gasteiger partial charge in [-0.15, -0.1) is 0 Å². The quantitative estimate of drug-likeness (QED) is 0.468. The minimum atomic E-state index is -0.177. The van der Waals surface area contributed by atoms with E-state index in [0.717, 1.165) is 29.5 Å². The number of rotatable bonds is 9. The van der Waals surface area contributed by atoms with Crippen LogP contribution in [0.4, 0.5) is 0 Å². The Kier molecular flexibility index (Phi) is 6.83. The second-order valence-corrected chi connectivity index (χ2v) is 8.12. The predicted molar refractivity (Wildman–Crippen MR) is 119 cm³/mol. The lowest BCUT2D eigenvalue weighted by molar-refractivity contribution is -0.145. The first-order valence-corrected chi connectivity index (χ1v) is 11.1. The van der Waals surface area contributed by atoms with Crippen LogP contribution >= 0.6 is 0 Å². The summed E-state index contributed by atoms with van der Waals surface area (Å²) in [6.07, 6.45) is 5.09. The second kappa shape index (κ2) is 9.94. The molecular weight excluding hydrogens is 410 g/mol. The van der Waals surface area contributed by atoms with Crippen LogP contribution in [0, 0.1) is 5.92 Å². The molecule has 0 radical (unpaired) electrons. The summed E-state index contributed by atoms with van der Waals surface area (Å²) in [6, 6.07) is 9.32. The minimum absolute atomic E-state index is 0.0843. The fourth-order valence-corrected chi connectivity index (χ4v) is 4.57. The van der Waals surface area contributed by atoms with E-state index in [1.54, 1.807) is 14.2 Å². The zero-order valence-electron chi connectivity index (χ0n) is 18.6. The molecule has 1 saturated carbocycles. The Labute approximate surface area is 188 Å². The Balaban J connectivity index is 1.53. The van der Waals surface area contributed by atoms with Crippen LogP contribution in [0.2, 0.25) is 0 Å². The van der Waals surface area contributed by atoms with Gasteiger partial charge < -0.3 is 24.3 Å². The van der Waals surface area contributed by atoms with Gasteiger partial charge in [0.2, 0.25) is 5.75 Å². The number of ether oxygens (including phenoxy) is 4.